The molecule has 1 aromatic rings. The maximum absolute atomic E-state index is 12.4. The Morgan fingerprint density at radius 3 is 2.57 bits per heavy atom. The minimum Gasteiger partial charge on any atom is -0.398 e. The molecule has 0 radical (unpaired) electrons. The molecule has 4 nitrogen and oxygen atoms in total. The predicted octanol–water partition coefficient (Wildman–Crippen LogP) is 2.76. The highest BCUT2D eigenvalue weighted by Crippen LogP contribution is 2.25. The Kier molecular flexibility index (Phi) is 7.94. The zero-order valence-corrected chi connectivity index (χ0v) is 15.2. The Morgan fingerprint density at radius 1 is 1.33 bits per heavy atom. The maximum Gasteiger partial charge on any atom is 0.214 e. The zero-order valence-electron chi connectivity index (χ0n) is 12.8. The standard InChI is InChI=1S/C14H24N2O2S3/c1-4-12(11-19-3)16(2)21(17,18)10-9-20-14-8-6-5-7-13(14)15/h5-8,12H,4,9-11,15H2,1-3H3. The molecule has 0 aliphatic carbocycles. The van der Waals surface area contributed by atoms with E-state index in [1.54, 1.807) is 18.8 Å². The van der Waals surface area contributed by atoms with Gasteiger partial charge in [0.15, 0.2) is 0 Å². The number of benzene rings is 1. The Bertz CT molecular complexity index is 535. The number of hydrogen-bond acceptors (Lipinski definition) is 5. The SMILES string of the molecule is CCC(CSC)N(C)S(=O)(=O)CCSc1ccccc1N. The molecule has 0 saturated heterocycles. The third kappa shape index (κ3) is 5.73. The molecule has 0 aliphatic rings. The molecular formula is C14H24N2O2S3. The number of thioether (sulfide) groups is 2. The first-order chi connectivity index (χ1) is 9.92. The second-order valence-corrected chi connectivity index (χ2v) is 8.93. The van der Waals surface area contributed by atoms with Crippen LogP contribution in [0, 0.1) is 0 Å². The largest absolute Gasteiger partial charge is 0.398 e. The summed E-state index contributed by atoms with van der Waals surface area (Å²) < 4.78 is 26.2. The van der Waals surface area contributed by atoms with Crippen LogP contribution in [0.5, 0.6) is 0 Å². The third-order valence-electron chi connectivity index (χ3n) is 3.30. The van der Waals surface area contributed by atoms with E-state index in [4.69, 9.17) is 5.73 Å². The van der Waals surface area contributed by atoms with E-state index in [9.17, 15) is 8.42 Å². The topological polar surface area (TPSA) is 63.4 Å². The van der Waals surface area contributed by atoms with Crippen molar-refractivity contribution in [2.75, 3.05) is 36.3 Å². The normalized spacial score (nSPS) is 13.5. The van der Waals surface area contributed by atoms with Crippen molar-refractivity contribution in [3.8, 4) is 0 Å². The fourth-order valence-electron chi connectivity index (χ4n) is 1.91. The van der Waals surface area contributed by atoms with Crippen LogP contribution in [0.4, 0.5) is 5.69 Å². The predicted molar refractivity (Wildman–Crippen MR) is 95.6 cm³/mol. The van der Waals surface area contributed by atoms with Gasteiger partial charge in [0.2, 0.25) is 10.0 Å². The summed E-state index contributed by atoms with van der Waals surface area (Å²) in [4.78, 5) is 0.937. The Morgan fingerprint density at radius 2 is 2.00 bits per heavy atom. The summed E-state index contributed by atoms with van der Waals surface area (Å²) >= 11 is 3.16. The molecule has 1 atom stereocenters. The first kappa shape index (κ1) is 18.7. The maximum atomic E-state index is 12.4. The molecule has 0 aliphatic heterocycles. The van der Waals surface area contributed by atoms with Crippen LogP contribution >= 0.6 is 23.5 Å². The van der Waals surface area contributed by atoms with Gasteiger partial charge in [-0.15, -0.1) is 11.8 Å². The van der Waals surface area contributed by atoms with Crippen molar-refractivity contribution in [3.63, 3.8) is 0 Å². The average Bonchev–Trinajstić information content (AvgIpc) is 2.46. The van der Waals surface area contributed by atoms with Gasteiger partial charge in [-0.1, -0.05) is 19.1 Å². The summed E-state index contributed by atoms with van der Waals surface area (Å²) in [6, 6.07) is 7.59. The van der Waals surface area contributed by atoms with E-state index in [1.165, 1.54) is 16.1 Å². The third-order valence-corrected chi connectivity index (χ3v) is 7.26. The molecule has 1 rings (SSSR count). The van der Waals surface area contributed by atoms with Crippen LogP contribution in [-0.4, -0.2) is 49.3 Å². The molecule has 1 aromatic carbocycles. The number of para-hydroxylation sites is 1. The summed E-state index contributed by atoms with van der Waals surface area (Å²) in [7, 11) is -1.54. The Labute approximate surface area is 136 Å². The summed E-state index contributed by atoms with van der Waals surface area (Å²) in [5.74, 6) is 1.47. The van der Waals surface area contributed by atoms with Gasteiger partial charge in [-0.2, -0.15) is 11.8 Å². The average molecular weight is 349 g/mol. The van der Waals surface area contributed by atoms with Crippen molar-refractivity contribution < 1.29 is 8.42 Å². The van der Waals surface area contributed by atoms with Crippen molar-refractivity contribution in [1.29, 1.82) is 0 Å². The number of nitrogen functional groups attached to an aromatic ring is 1. The molecular weight excluding hydrogens is 324 g/mol. The van der Waals surface area contributed by atoms with Crippen LogP contribution in [0.15, 0.2) is 29.2 Å². The van der Waals surface area contributed by atoms with E-state index in [0.29, 0.717) is 11.4 Å². The van der Waals surface area contributed by atoms with Crippen molar-refractivity contribution in [3.05, 3.63) is 24.3 Å². The van der Waals surface area contributed by atoms with Gasteiger partial charge in [-0.05, 0) is 24.8 Å². The number of hydrogen-bond donors (Lipinski definition) is 1. The van der Waals surface area contributed by atoms with Gasteiger partial charge >= 0.3 is 0 Å². The molecule has 1 unspecified atom stereocenters. The van der Waals surface area contributed by atoms with Crippen LogP contribution in [0.25, 0.3) is 0 Å². The number of nitrogens with zero attached hydrogens (tertiary/aromatic N) is 1. The quantitative estimate of drug-likeness (QED) is 0.549. The molecule has 0 spiro atoms. The highest BCUT2D eigenvalue weighted by atomic mass is 32.2. The second-order valence-electron chi connectivity index (χ2n) is 4.74. The lowest BCUT2D eigenvalue weighted by molar-refractivity contribution is 0.386. The van der Waals surface area contributed by atoms with Crippen LogP contribution in [0.2, 0.25) is 0 Å². The Balaban J connectivity index is 2.58. The van der Waals surface area contributed by atoms with E-state index in [0.717, 1.165) is 17.1 Å². The van der Waals surface area contributed by atoms with Crippen molar-refractivity contribution >= 4 is 39.2 Å². The number of anilines is 1. The van der Waals surface area contributed by atoms with E-state index in [1.807, 2.05) is 37.4 Å². The van der Waals surface area contributed by atoms with Crippen molar-refractivity contribution in [2.45, 2.75) is 24.3 Å². The lowest BCUT2D eigenvalue weighted by Crippen LogP contribution is -2.40. The summed E-state index contributed by atoms with van der Waals surface area (Å²) in [5, 5.41) is 0. The van der Waals surface area contributed by atoms with E-state index in [2.05, 4.69) is 0 Å². The molecule has 0 bridgehead atoms. The molecule has 0 heterocycles. The summed E-state index contributed by atoms with van der Waals surface area (Å²) in [6.45, 7) is 2.02. The molecule has 0 aromatic heterocycles. The smallest absolute Gasteiger partial charge is 0.214 e. The summed E-state index contributed by atoms with van der Waals surface area (Å²) in [5.41, 5.74) is 6.55. The lowest BCUT2D eigenvalue weighted by Gasteiger charge is -2.26. The molecule has 2 N–H and O–H groups in total. The van der Waals surface area contributed by atoms with Gasteiger partial charge in [0.1, 0.15) is 0 Å². The van der Waals surface area contributed by atoms with Crippen LogP contribution in [0.3, 0.4) is 0 Å². The van der Waals surface area contributed by atoms with Crippen LogP contribution in [-0.2, 0) is 10.0 Å². The van der Waals surface area contributed by atoms with Gasteiger partial charge in [-0.25, -0.2) is 12.7 Å². The molecule has 0 fully saturated rings. The van der Waals surface area contributed by atoms with Crippen molar-refractivity contribution in [2.24, 2.45) is 0 Å². The first-order valence-corrected chi connectivity index (χ1v) is 10.8. The highest BCUT2D eigenvalue weighted by molar-refractivity contribution is 8.00. The molecule has 7 heteroatoms. The van der Waals surface area contributed by atoms with Crippen LogP contribution in [0.1, 0.15) is 13.3 Å². The van der Waals surface area contributed by atoms with Gasteiger partial charge < -0.3 is 5.73 Å². The minimum absolute atomic E-state index is 0.0665. The van der Waals surface area contributed by atoms with Gasteiger partial charge in [-0.3, -0.25) is 0 Å². The molecule has 120 valence electrons. The minimum atomic E-state index is -3.22. The first-order valence-electron chi connectivity index (χ1n) is 6.84. The second kappa shape index (κ2) is 8.92. The van der Waals surface area contributed by atoms with E-state index in [-0.39, 0.29) is 11.8 Å². The number of sulfonamides is 1. The number of rotatable bonds is 9. The van der Waals surface area contributed by atoms with Crippen molar-refractivity contribution in [1.82, 2.24) is 4.31 Å². The van der Waals surface area contributed by atoms with Gasteiger partial charge in [0, 0.05) is 35.2 Å². The fraction of sp³-hybridized carbons (Fsp3) is 0.571. The molecule has 21 heavy (non-hydrogen) atoms. The monoisotopic (exact) mass is 348 g/mol. The van der Waals surface area contributed by atoms with Gasteiger partial charge in [0.25, 0.3) is 0 Å². The fourth-order valence-corrected chi connectivity index (χ4v) is 5.62. The highest BCUT2D eigenvalue weighted by Gasteiger charge is 2.24. The van der Waals surface area contributed by atoms with Gasteiger partial charge in [0.05, 0.1) is 5.75 Å². The lowest BCUT2D eigenvalue weighted by atomic mass is 10.3. The van der Waals surface area contributed by atoms with E-state index < -0.39 is 10.0 Å². The Hall–Kier alpha value is -0.370. The summed E-state index contributed by atoms with van der Waals surface area (Å²) in [6.07, 6.45) is 2.83. The molecule has 0 saturated carbocycles. The van der Waals surface area contributed by atoms with Crippen LogP contribution < -0.4 is 5.73 Å². The molecule has 0 amide bonds. The zero-order chi connectivity index (χ0) is 15.9. The van der Waals surface area contributed by atoms with E-state index >= 15 is 0 Å². The number of nitrogens with two attached hydrogens (primary N) is 1.